The second kappa shape index (κ2) is 11.2. The van der Waals surface area contributed by atoms with Crippen molar-refractivity contribution in [1.82, 2.24) is 0 Å². The highest BCUT2D eigenvalue weighted by molar-refractivity contribution is 5.99. The lowest BCUT2D eigenvalue weighted by molar-refractivity contribution is -0.130. The first-order chi connectivity index (χ1) is 16.7. The number of carbonyl (C=O) groups excluding carboxylic acids is 2. The Kier molecular flexibility index (Phi) is 8.05. The van der Waals surface area contributed by atoms with E-state index in [1.54, 1.807) is 32.0 Å². The van der Waals surface area contributed by atoms with Crippen LogP contribution in [-0.4, -0.2) is 18.5 Å². The molecule has 5 heteroatoms. The highest BCUT2D eigenvalue weighted by Gasteiger charge is 2.11. The maximum absolute atomic E-state index is 12.0. The molecule has 3 aromatic carbocycles. The summed E-state index contributed by atoms with van der Waals surface area (Å²) in [7, 11) is 0. The van der Waals surface area contributed by atoms with E-state index in [9.17, 15) is 9.59 Å². The van der Waals surface area contributed by atoms with Crippen LogP contribution in [0.1, 0.15) is 31.9 Å². The Morgan fingerprint density at radius 1 is 0.743 bits per heavy atom. The zero-order valence-electron chi connectivity index (χ0n) is 20.2. The zero-order chi connectivity index (χ0) is 25.5. The van der Waals surface area contributed by atoms with Gasteiger partial charge in [-0.3, -0.25) is 0 Å². The molecule has 3 aromatic rings. The van der Waals surface area contributed by atoms with Crippen LogP contribution in [0.25, 0.3) is 22.9 Å². The number of hydrogen-bond acceptors (Lipinski definition) is 5. The smallest absolute Gasteiger partial charge is 0.338 e. The number of carbonyl (C=O) groups is 2. The first-order valence-corrected chi connectivity index (χ1v) is 11.0. The van der Waals surface area contributed by atoms with E-state index in [1.165, 1.54) is 0 Å². The van der Waals surface area contributed by atoms with E-state index in [2.05, 4.69) is 19.7 Å². The van der Waals surface area contributed by atoms with E-state index in [-0.39, 0.29) is 0 Å². The molecule has 3 rings (SSSR count). The highest BCUT2D eigenvalue weighted by Crippen LogP contribution is 2.31. The van der Waals surface area contributed by atoms with Crippen LogP contribution in [0.3, 0.4) is 0 Å². The van der Waals surface area contributed by atoms with Crippen molar-refractivity contribution in [2.45, 2.75) is 20.8 Å². The van der Waals surface area contributed by atoms with Gasteiger partial charge >= 0.3 is 11.9 Å². The van der Waals surface area contributed by atoms with Gasteiger partial charge in [0, 0.05) is 28.2 Å². The molecule has 0 aliphatic heterocycles. The van der Waals surface area contributed by atoms with Crippen LogP contribution in [0.15, 0.2) is 91.1 Å². The molecule has 0 amide bonds. The molecule has 178 valence electrons. The summed E-state index contributed by atoms with van der Waals surface area (Å²) >= 11 is 0. The fourth-order valence-electron chi connectivity index (χ4n) is 3.14. The van der Waals surface area contributed by atoms with E-state index in [4.69, 9.17) is 14.2 Å². The summed E-state index contributed by atoms with van der Waals surface area (Å²) in [5.74, 6) is 0.414. The molecule has 0 saturated heterocycles. The Labute approximate surface area is 205 Å². The molecule has 0 N–H and O–H groups in total. The van der Waals surface area contributed by atoms with Crippen molar-refractivity contribution in [1.29, 1.82) is 0 Å². The number of rotatable bonds is 9. The predicted octanol–water partition coefficient (Wildman–Crippen LogP) is 6.93. The summed E-state index contributed by atoms with van der Waals surface area (Å²) in [4.78, 5) is 24.0. The van der Waals surface area contributed by atoms with Crippen LogP contribution < -0.4 is 14.2 Å². The topological polar surface area (TPSA) is 61.8 Å². The largest absolute Gasteiger partial charge is 0.489 e. The number of benzene rings is 3. The van der Waals surface area contributed by atoms with E-state index in [0.717, 1.165) is 27.5 Å². The third kappa shape index (κ3) is 6.58. The number of fused-ring (bicyclic) bond motifs is 1. The van der Waals surface area contributed by atoms with E-state index < -0.39 is 11.9 Å². The lowest BCUT2D eigenvalue weighted by Crippen LogP contribution is -2.08. The molecular weight excluding hydrogens is 440 g/mol. The van der Waals surface area contributed by atoms with Crippen LogP contribution in [0.2, 0.25) is 0 Å². The minimum absolute atomic E-state index is 0.308. The summed E-state index contributed by atoms with van der Waals surface area (Å²) in [5.41, 5.74) is 3.22. The lowest BCUT2D eigenvalue weighted by Gasteiger charge is -2.12. The van der Waals surface area contributed by atoms with Crippen LogP contribution in [0, 0.1) is 0 Å². The van der Waals surface area contributed by atoms with Gasteiger partial charge in [-0.05, 0) is 55.5 Å². The summed E-state index contributed by atoms with van der Waals surface area (Å²) < 4.78 is 16.8. The molecule has 0 saturated carbocycles. The first kappa shape index (κ1) is 25.2. The van der Waals surface area contributed by atoms with Crippen molar-refractivity contribution >= 4 is 34.9 Å². The summed E-state index contributed by atoms with van der Waals surface area (Å²) in [6.07, 6.45) is 3.87. The summed E-state index contributed by atoms with van der Waals surface area (Å²) in [5, 5.41) is 1.73. The zero-order valence-corrected chi connectivity index (χ0v) is 20.2. The minimum atomic E-state index is -0.502. The normalized spacial score (nSPS) is 10.7. The second-order valence-corrected chi connectivity index (χ2v) is 8.32. The van der Waals surface area contributed by atoms with Crippen LogP contribution in [0.4, 0.5) is 0 Å². The highest BCUT2D eigenvalue weighted by atomic mass is 16.5. The van der Waals surface area contributed by atoms with Gasteiger partial charge in [-0.2, -0.15) is 0 Å². The molecular formula is C30H28O5. The molecule has 0 spiro atoms. The van der Waals surface area contributed by atoms with Crippen LogP contribution in [-0.2, 0) is 9.59 Å². The third-order valence-corrected chi connectivity index (χ3v) is 4.93. The molecule has 0 fully saturated rings. The monoisotopic (exact) mass is 468 g/mol. The summed E-state index contributed by atoms with van der Waals surface area (Å²) in [6, 6.07) is 16.5. The molecule has 35 heavy (non-hydrogen) atoms. The maximum atomic E-state index is 12.0. The van der Waals surface area contributed by atoms with E-state index >= 15 is 0 Å². The van der Waals surface area contributed by atoms with Crippen molar-refractivity contribution in [3.8, 4) is 17.2 Å². The fourth-order valence-corrected chi connectivity index (χ4v) is 3.14. The lowest BCUT2D eigenvalue weighted by atomic mass is 10.0. The van der Waals surface area contributed by atoms with Gasteiger partial charge in [-0.25, -0.2) is 9.59 Å². The second-order valence-electron chi connectivity index (χ2n) is 8.32. The molecule has 0 atom stereocenters. The Bertz CT molecular complexity index is 1360. The van der Waals surface area contributed by atoms with Gasteiger partial charge in [-0.1, -0.05) is 62.2 Å². The maximum Gasteiger partial charge on any atom is 0.338 e. The molecule has 0 bridgehead atoms. The summed E-state index contributed by atoms with van der Waals surface area (Å²) in [6.45, 7) is 16.5. The first-order valence-electron chi connectivity index (χ1n) is 11.0. The average molecular weight is 469 g/mol. The standard InChI is InChI=1S/C30H28O5/c1-19(2)18-33-28-17-24(34-29(31)20(3)4)16-15-23(28)14-13-22-9-7-11-26-25(22)10-8-12-27(26)35-30(32)21(5)6/h7-17H,1,3,5,18H2,2,4,6H3/b14-13+. The number of hydrogen-bond donors (Lipinski definition) is 0. The molecule has 5 nitrogen and oxygen atoms in total. The third-order valence-electron chi connectivity index (χ3n) is 4.93. The molecule has 0 aromatic heterocycles. The van der Waals surface area contributed by atoms with Crippen LogP contribution in [0.5, 0.6) is 17.2 Å². The molecule has 0 aliphatic rings. The molecule has 0 aliphatic carbocycles. The Morgan fingerprint density at radius 3 is 2.06 bits per heavy atom. The van der Waals surface area contributed by atoms with Gasteiger partial charge in [0.25, 0.3) is 0 Å². The van der Waals surface area contributed by atoms with Gasteiger partial charge in [0.15, 0.2) is 0 Å². The van der Waals surface area contributed by atoms with Gasteiger partial charge in [-0.15, -0.1) is 0 Å². The molecule has 0 radical (unpaired) electrons. The number of esters is 2. The van der Waals surface area contributed by atoms with Gasteiger partial charge in [0.05, 0.1) is 0 Å². The van der Waals surface area contributed by atoms with E-state index in [0.29, 0.717) is 35.0 Å². The van der Waals surface area contributed by atoms with Gasteiger partial charge in [0.1, 0.15) is 23.9 Å². The fraction of sp³-hybridized carbons (Fsp3) is 0.133. The van der Waals surface area contributed by atoms with Crippen molar-refractivity contribution in [3.63, 3.8) is 0 Å². The quantitative estimate of drug-likeness (QED) is 0.112. The van der Waals surface area contributed by atoms with Crippen molar-refractivity contribution in [2.75, 3.05) is 6.61 Å². The number of ether oxygens (including phenoxy) is 3. The SMILES string of the molecule is C=C(C)COc1cc(OC(=O)C(=C)C)ccc1/C=C/c1cccc2c(OC(=O)C(=C)C)cccc12. The van der Waals surface area contributed by atoms with Crippen LogP contribution >= 0.6 is 0 Å². The van der Waals surface area contributed by atoms with Gasteiger partial charge in [0.2, 0.25) is 0 Å². The van der Waals surface area contributed by atoms with Crippen molar-refractivity contribution in [2.24, 2.45) is 0 Å². The van der Waals surface area contributed by atoms with E-state index in [1.807, 2.05) is 55.5 Å². The van der Waals surface area contributed by atoms with Crippen molar-refractivity contribution in [3.05, 3.63) is 102 Å². The average Bonchev–Trinajstić information content (AvgIpc) is 2.82. The molecule has 0 unspecified atom stereocenters. The predicted molar refractivity (Wildman–Crippen MR) is 141 cm³/mol. The Hall–Kier alpha value is -4.38. The molecule has 0 heterocycles. The minimum Gasteiger partial charge on any atom is -0.489 e. The van der Waals surface area contributed by atoms with Crippen molar-refractivity contribution < 1.29 is 23.8 Å². The Balaban J connectivity index is 1.97. The van der Waals surface area contributed by atoms with Gasteiger partial charge < -0.3 is 14.2 Å². The Morgan fingerprint density at radius 2 is 1.37 bits per heavy atom.